The normalized spacial score (nSPS) is 25.7. The Morgan fingerprint density at radius 1 is 1.19 bits per heavy atom. The molecule has 0 spiro atoms. The maximum absolute atomic E-state index is 12.4. The monoisotopic (exact) mass is 317 g/mol. The van der Waals surface area contributed by atoms with E-state index in [9.17, 15) is 9.59 Å². The van der Waals surface area contributed by atoms with Gasteiger partial charge in [-0.3, -0.25) is 9.59 Å². The third-order valence-corrected chi connectivity index (χ3v) is 4.47. The zero-order valence-electron chi connectivity index (χ0n) is 13.2. The molecule has 2 amide bonds. The molecule has 0 aromatic carbocycles. The second-order valence-corrected chi connectivity index (χ2v) is 6.65. The van der Waals surface area contributed by atoms with Crippen LogP contribution in [0.15, 0.2) is 0 Å². The van der Waals surface area contributed by atoms with Gasteiger partial charge in [-0.1, -0.05) is 27.2 Å². The Hall–Kier alpha value is -0.810. The number of carbonyl (C=O) groups is 2. The summed E-state index contributed by atoms with van der Waals surface area (Å²) >= 11 is 5.24. The molecule has 0 aromatic rings. The second kappa shape index (κ2) is 9.26. The summed E-state index contributed by atoms with van der Waals surface area (Å²) in [5.74, 6) is 1.67. The number of rotatable bonds is 7. The van der Waals surface area contributed by atoms with E-state index in [1.165, 1.54) is 6.42 Å². The number of hydrogen-bond donors (Lipinski definition) is 3. The third kappa shape index (κ3) is 6.22. The summed E-state index contributed by atoms with van der Waals surface area (Å²) in [6.45, 7) is 7.57. The Kier molecular flexibility index (Phi) is 8.04. The predicted octanol–water partition coefficient (Wildman–Crippen LogP) is 1.67. The van der Waals surface area contributed by atoms with Gasteiger partial charge in [0, 0.05) is 19.0 Å². The molecule has 1 aliphatic rings. The molecule has 3 atom stereocenters. The Bertz CT molecular complexity index is 350. The molecule has 0 radical (unpaired) electrons. The highest BCUT2D eigenvalue weighted by atomic mass is 35.5. The lowest BCUT2D eigenvalue weighted by Crippen LogP contribution is -2.43. The summed E-state index contributed by atoms with van der Waals surface area (Å²) in [5, 5.41) is 5.63. The number of nitrogens with one attached hydrogen (secondary N) is 3. The third-order valence-electron chi connectivity index (χ3n) is 4.33. The molecule has 21 heavy (non-hydrogen) atoms. The summed E-state index contributed by atoms with van der Waals surface area (Å²) in [6, 6.07) is 0. The maximum atomic E-state index is 12.4. The van der Waals surface area contributed by atoms with Crippen LogP contribution in [-0.2, 0) is 9.59 Å². The van der Waals surface area contributed by atoms with Crippen LogP contribution in [0.2, 0.25) is 0 Å². The summed E-state index contributed by atoms with van der Waals surface area (Å²) in [7, 11) is 0. The molecule has 0 saturated heterocycles. The van der Waals surface area contributed by atoms with E-state index in [0.717, 1.165) is 12.8 Å². The number of halogens is 1. The molecular weight excluding hydrogens is 290 g/mol. The topological polar surface area (TPSA) is 70.2 Å². The van der Waals surface area contributed by atoms with Crippen molar-refractivity contribution in [1.82, 2.24) is 15.5 Å². The van der Waals surface area contributed by atoms with Crippen LogP contribution in [0.5, 0.6) is 0 Å². The Morgan fingerprint density at radius 3 is 2.48 bits per heavy atom. The molecule has 5 nitrogen and oxygen atoms in total. The van der Waals surface area contributed by atoms with Gasteiger partial charge in [0.25, 0.3) is 0 Å². The minimum absolute atomic E-state index is 0.0745. The van der Waals surface area contributed by atoms with E-state index < -0.39 is 0 Å². The molecule has 3 N–H and O–H groups in total. The summed E-state index contributed by atoms with van der Waals surface area (Å²) in [5.41, 5.74) is 0. The smallest absolute Gasteiger partial charge is 0.235 e. The molecule has 6 heteroatoms. The average molecular weight is 318 g/mol. The maximum Gasteiger partial charge on any atom is 0.235 e. The zero-order valence-corrected chi connectivity index (χ0v) is 14.0. The first-order chi connectivity index (χ1) is 9.95. The molecule has 0 heterocycles. The van der Waals surface area contributed by atoms with Crippen LogP contribution >= 0.6 is 11.8 Å². The fourth-order valence-electron chi connectivity index (χ4n) is 3.15. The highest BCUT2D eigenvalue weighted by Crippen LogP contribution is 2.37. The SMILES string of the molecule is CC(C)[C@@H]1CC[C@@H](C)C[C@H]1C(=O)NCCNC(=O)CNCl. The summed E-state index contributed by atoms with van der Waals surface area (Å²) in [6.07, 6.45) is 3.32. The van der Waals surface area contributed by atoms with Gasteiger partial charge < -0.3 is 10.6 Å². The number of carbonyl (C=O) groups excluding carboxylic acids is 2. The second-order valence-electron chi connectivity index (χ2n) is 6.38. The van der Waals surface area contributed by atoms with Crippen LogP contribution in [0.1, 0.15) is 40.0 Å². The van der Waals surface area contributed by atoms with E-state index in [0.29, 0.717) is 30.8 Å². The van der Waals surface area contributed by atoms with E-state index in [-0.39, 0.29) is 24.3 Å². The molecular formula is C15H28ClN3O2. The van der Waals surface area contributed by atoms with Crippen molar-refractivity contribution < 1.29 is 9.59 Å². The van der Waals surface area contributed by atoms with Crippen LogP contribution < -0.4 is 15.5 Å². The van der Waals surface area contributed by atoms with Gasteiger partial charge in [-0.05, 0) is 42.4 Å². The molecule has 1 fully saturated rings. The first kappa shape index (κ1) is 18.2. The van der Waals surface area contributed by atoms with Crippen LogP contribution in [0.25, 0.3) is 0 Å². The quantitative estimate of drug-likeness (QED) is 0.494. The van der Waals surface area contributed by atoms with Crippen LogP contribution in [0.4, 0.5) is 0 Å². The molecule has 0 bridgehead atoms. The molecule has 0 unspecified atom stereocenters. The minimum atomic E-state index is -0.175. The molecule has 0 aromatic heterocycles. The van der Waals surface area contributed by atoms with E-state index in [1.54, 1.807) is 0 Å². The Labute approximate surface area is 132 Å². The van der Waals surface area contributed by atoms with Crippen LogP contribution in [0, 0.1) is 23.7 Å². The summed E-state index contributed by atoms with van der Waals surface area (Å²) in [4.78, 5) is 25.8. The van der Waals surface area contributed by atoms with Crippen molar-refractivity contribution in [2.75, 3.05) is 19.6 Å². The lowest BCUT2D eigenvalue weighted by molar-refractivity contribution is -0.129. The van der Waals surface area contributed by atoms with Gasteiger partial charge in [0.15, 0.2) is 0 Å². The lowest BCUT2D eigenvalue weighted by Gasteiger charge is -2.36. The minimum Gasteiger partial charge on any atom is -0.354 e. The molecule has 1 aliphatic carbocycles. The van der Waals surface area contributed by atoms with E-state index in [4.69, 9.17) is 11.8 Å². The van der Waals surface area contributed by atoms with E-state index in [1.807, 2.05) is 0 Å². The van der Waals surface area contributed by atoms with Crippen molar-refractivity contribution in [3.63, 3.8) is 0 Å². The predicted molar refractivity (Wildman–Crippen MR) is 84.7 cm³/mol. The molecule has 0 aliphatic heterocycles. The van der Waals surface area contributed by atoms with Gasteiger partial charge in [-0.15, -0.1) is 0 Å². The fourth-order valence-corrected chi connectivity index (χ4v) is 3.27. The number of amides is 2. The van der Waals surface area contributed by atoms with Gasteiger partial charge in [0.1, 0.15) is 0 Å². The van der Waals surface area contributed by atoms with E-state index in [2.05, 4.69) is 36.2 Å². The van der Waals surface area contributed by atoms with Gasteiger partial charge in [-0.2, -0.15) is 0 Å². The van der Waals surface area contributed by atoms with Crippen molar-refractivity contribution in [3.05, 3.63) is 0 Å². The fraction of sp³-hybridized carbons (Fsp3) is 0.867. The molecule has 1 rings (SSSR count). The first-order valence-corrected chi connectivity index (χ1v) is 8.21. The van der Waals surface area contributed by atoms with Crippen molar-refractivity contribution in [2.24, 2.45) is 23.7 Å². The zero-order chi connectivity index (χ0) is 15.8. The highest BCUT2D eigenvalue weighted by Gasteiger charge is 2.35. The van der Waals surface area contributed by atoms with Crippen molar-refractivity contribution in [2.45, 2.75) is 40.0 Å². The lowest BCUT2D eigenvalue weighted by atomic mass is 9.70. The van der Waals surface area contributed by atoms with Gasteiger partial charge in [0.2, 0.25) is 11.8 Å². The van der Waals surface area contributed by atoms with Crippen molar-refractivity contribution in [3.8, 4) is 0 Å². The largest absolute Gasteiger partial charge is 0.354 e. The molecule has 1 saturated carbocycles. The Morgan fingerprint density at radius 2 is 1.86 bits per heavy atom. The van der Waals surface area contributed by atoms with Crippen LogP contribution in [-0.4, -0.2) is 31.4 Å². The van der Waals surface area contributed by atoms with Crippen molar-refractivity contribution >= 4 is 23.6 Å². The Balaban J connectivity index is 2.36. The average Bonchev–Trinajstić information content (AvgIpc) is 2.43. The molecule has 122 valence electrons. The van der Waals surface area contributed by atoms with Gasteiger partial charge >= 0.3 is 0 Å². The standard InChI is InChI=1S/C15H28ClN3O2/c1-10(2)12-5-4-11(3)8-13(12)15(21)18-7-6-17-14(20)9-19-16/h10-13,19H,4-9H2,1-3H3,(H,17,20)(H,18,21)/t11-,12+,13-/m1/s1. The van der Waals surface area contributed by atoms with E-state index >= 15 is 0 Å². The summed E-state index contributed by atoms with van der Waals surface area (Å²) < 4.78 is 0. The van der Waals surface area contributed by atoms with Crippen molar-refractivity contribution in [1.29, 1.82) is 0 Å². The number of hydrogen-bond acceptors (Lipinski definition) is 3. The van der Waals surface area contributed by atoms with Gasteiger partial charge in [-0.25, -0.2) is 4.84 Å². The first-order valence-electron chi connectivity index (χ1n) is 7.83. The van der Waals surface area contributed by atoms with Gasteiger partial charge in [0.05, 0.1) is 6.54 Å². The highest BCUT2D eigenvalue weighted by molar-refractivity contribution is 6.14. The van der Waals surface area contributed by atoms with Crippen LogP contribution in [0.3, 0.4) is 0 Å².